The molecule has 0 spiro atoms. The van der Waals surface area contributed by atoms with E-state index in [1.54, 1.807) is 19.2 Å². The molecule has 4 heteroatoms. The van der Waals surface area contributed by atoms with Crippen molar-refractivity contribution in [1.29, 1.82) is 0 Å². The molecule has 0 atom stereocenters. The van der Waals surface area contributed by atoms with Crippen LogP contribution in [0.25, 0.3) is 0 Å². The van der Waals surface area contributed by atoms with Crippen LogP contribution in [0, 0.1) is 0 Å². The highest BCUT2D eigenvalue weighted by atomic mass is 16.5. The maximum absolute atomic E-state index is 10.7. The van der Waals surface area contributed by atoms with Crippen molar-refractivity contribution < 1.29 is 9.53 Å². The van der Waals surface area contributed by atoms with Crippen molar-refractivity contribution in [1.82, 2.24) is 0 Å². The molecule has 86 valence electrons. The molecule has 0 unspecified atom stereocenters. The molecule has 0 heterocycles. The van der Waals surface area contributed by atoms with Gasteiger partial charge in [-0.2, -0.15) is 0 Å². The molecular formula is C13H14BNO2. The van der Waals surface area contributed by atoms with Gasteiger partial charge in [0, 0.05) is 14.0 Å². The van der Waals surface area contributed by atoms with E-state index in [-0.39, 0.29) is 12.6 Å². The Morgan fingerprint density at radius 1 is 1.59 bits per heavy atom. The molecule has 1 aliphatic rings. The summed E-state index contributed by atoms with van der Waals surface area (Å²) in [6.45, 7) is 5.35. The fourth-order valence-electron chi connectivity index (χ4n) is 1.35. The first-order valence-corrected chi connectivity index (χ1v) is 5.18. The van der Waals surface area contributed by atoms with Gasteiger partial charge in [-0.15, -0.1) is 0 Å². The van der Waals surface area contributed by atoms with Crippen molar-refractivity contribution in [2.45, 2.75) is 6.92 Å². The highest BCUT2D eigenvalue weighted by Gasteiger charge is 2.06. The second kappa shape index (κ2) is 6.04. The first kappa shape index (κ1) is 13.2. The number of ether oxygens (including phenoxy) is 1. The zero-order chi connectivity index (χ0) is 12.8. The van der Waals surface area contributed by atoms with Gasteiger partial charge in [0.15, 0.2) is 0 Å². The van der Waals surface area contributed by atoms with Crippen LogP contribution >= 0.6 is 0 Å². The SMILES string of the molecule is [B]C1=C/C(=C/C(=C)COC(C)=O)C(=NC)C=C1. The molecule has 0 aromatic heterocycles. The summed E-state index contributed by atoms with van der Waals surface area (Å²) in [6.07, 6.45) is 7.23. The van der Waals surface area contributed by atoms with E-state index in [1.165, 1.54) is 6.92 Å². The molecule has 2 radical (unpaired) electrons. The lowest BCUT2D eigenvalue weighted by Crippen LogP contribution is -2.06. The van der Waals surface area contributed by atoms with Gasteiger partial charge in [0.1, 0.15) is 14.5 Å². The monoisotopic (exact) mass is 227 g/mol. The summed E-state index contributed by atoms with van der Waals surface area (Å²) in [5, 5.41) is 0. The van der Waals surface area contributed by atoms with Gasteiger partial charge in [0.25, 0.3) is 0 Å². The van der Waals surface area contributed by atoms with Crippen LogP contribution in [0.2, 0.25) is 0 Å². The smallest absolute Gasteiger partial charge is 0.302 e. The molecule has 0 aromatic carbocycles. The van der Waals surface area contributed by atoms with Gasteiger partial charge in [0.05, 0.1) is 5.71 Å². The van der Waals surface area contributed by atoms with Gasteiger partial charge < -0.3 is 4.74 Å². The van der Waals surface area contributed by atoms with Crippen LogP contribution in [-0.4, -0.2) is 33.2 Å². The molecule has 0 saturated heterocycles. The minimum Gasteiger partial charge on any atom is -0.461 e. The quantitative estimate of drug-likeness (QED) is 0.544. The lowest BCUT2D eigenvalue weighted by molar-refractivity contribution is -0.139. The number of hydrogen-bond acceptors (Lipinski definition) is 3. The van der Waals surface area contributed by atoms with E-state index < -0.39 is 0 Å². The average molecular weight is 227 g/mol. The molecule has 17 heavy (non-hydrogen) atoms. The van der Waals surface area contributed by atoms with E-state index in [1.807, 2.05) is 12.2 Å². The van der Waals surface area contributed by atoms with Crippen LogP contribution in [0.5, 0.6) is 0 Å². The van der Waals surface area contributed by atoms with Gasteiger partial charge in [-0.1, -0.05) is 24.2 Å². The molecule has 0 bridgehead atoms. The van der Waals surface area contributed by atoms with E-state index in [0.29, 0.717) is 11.0 Å². The minimum atomic E-state index is -0.326. The fraction of sp³-hybridized carbons (Fsp3) is 0.231. The summed E-state index contributed by atoms with van der Waals surface area (Å²) >= 11 is 0. The third-order valence-electron chi connectivity index (χ3n) is 2.11. The number of carbonyl (C=O) groups excluding carboxylic acids is 1. The average Bonchev–Trinajstić information content (AvgIpc) is 2.27. The van der Waals surface area contributed by atoms with E-state index in [2.05, 4.69) is 11.6 Å². The number of allylic oxidation sites excluding steroid dienone is 5. The standard InChI is InChI=1S/C13H14BNO2/c1-9(8-17-10(2)16)6-11-7-12(14)4-5-13(11)15-3/h4-7H,1,8H2,2-3H3/b11-6-,15-13?. The van der Waals surface area contributed by atoms with Crippen LogP contribution in [-0.2, 0) is 9.53 Å². The third-order valence-corrected chi connectivity index (χ3v) is 2.11. The molecule has 0 N–H and O–H groups in total. The molecule has 0 fully saturated rings. The predicted octanol–water partition coefficient (Wildman–Crippen LogP) is 1.73. The number of aliphatic imine (C=N–C) groups is 1. The first-order chi connectivity index (χ1) is 8.02. The van der Waals surface area contributed by atoms with Crippen molar-refractivity contribution in [3.63, 3.8) is 0 Å². The van der Waals surface area contributed by atoms with Gasteiger partial charge in [-0.05, 0) is 23.3 Å². The zero-order valence-electron chi connectivity index (χ0n) is 10.1. The topological polar surface area (TPSA) is 38.7 Å². The van der Waals surface area contributed by atoms with E-state index in [0.717, 1.165) is 11.3 Å². The van der Waals surface area contributed by atoms with Gasteiger partial charge in [0.2, 0.25) is 0 Å². The second-order valence-corrected chi connectivity index (χ2v) is 3.62. The molecule has 0 aliphatic heterocycles. The zero-order valence-corrected chi connectivity index (χ0v) is 10.1. The first-order valence-electron chi connectivity index (χ1n) is 5.18. The Hall–Kier alpha value is -1.84. The Morgan fingerprint density at radius 2 is 2.29 bits per heavy atom. The van der Waals surface area contributed by atoms with E-state index in [9.17, 15) is 4.79 Å². The summed E-state index contributed by atoms with van der Waals surface area (Å²) < 4.78 is 4.85. The molecule has 0 saturated carbocycles. The van der Waals surface area contributed by atoms with Crippen molar-refractivity contribution in [2.24, 2.45) is 4.99 Å². The lowest BCUT2D eigenvalue weighted by atomic mass is 9.87. The van der Waals surface area contributed by atoms with Crippen molar-refractivity contribution >= 4 is 19.5 Å². The highest BCUT2D eigenvalue weighted by Crippen LogP contribution is 2.14. The lowest BCUT2D eigenvalue weighted by Gasteiger charge is -2.10. The van der Waals surface area contributed by atoms with Crippen LogP contribution in [0.1, 0.15) is 6.92 Å². The molecular weight excluding hydrogens is 213 g/mol. The highest BCUT2D eigenvalue weighted by molar-refractivity contribution is 6.27. The number of hydrogen-bond donors (Lipinski definition) is 0. The molecule has 3 nitrogen and oxygen atoms in total. The Kier molecular flexibility index (Phi) is 4.70. The number of carbonyl (C=O) groups is 1. The van der Waals surface area contributed by atoms with Crippen LogP contribution in [0.4, 0.5) is 0 Å². The van der Waals surface area contributed by atoms with Crippen molar-refractivity contribution in [2.75, 3.05) is 13.7 Å². The number of esters is 1. The van der Waals surface area contributed by atoms with E-state index in [4.69, 9.17) is 12.6 Å². The Morgan fingerprint density at radius 3 is 2.88 bits per heavy atom. The summed E-state index contributed by atoms with van der Waals surface area (Å²) in [5.41, 5.74) is 3.03. The maximum Gasteiger partial charge on any atom is 0.302 e. The van der Waals surface area contributed by atoms with Crippen LogP contribution < -0.4 is 0 Å². The van der Waals surface area contributed by atoms with Crippen molar-refractivity contribution in [3.8, 4) is 0 Å². The number of nitrogens with zero attached hydrogens (tertiary/aromatic N) is 1. The van der Waals surface area contributed by atoms with E-state index >= 15 is 0 Å². The summed E-state index contributed by atoms with van der Waals surface area (Å²) in [4.78, 5) is 14.8. The summed E-state index contributed by atoms with van der Waals surface area (Å²) in [7, 11) is 7.41. The largest absolute Gasteiger partial charge is 0.461 e. The summed E-state index contributed by atoms with van der Waals surface area (Å²) in [5.74, 6) is -0.326. The Bertz CT molecular complexity index is 456. The molecule has 0 aromatic rings. The van der Waals surface area contributed by atoms with Gasteiger partial charge in [-0.25, -0.2) is 0 Å². The van der Waals surface area contributed by atoms with Gasteiger partial charge >= 0.3 is 5.97 Å². The molecule has 0 amide bonds. The fourth-order valence-corrected chi connectivity index (χ4v) is 1.35. The van der Waals surface area contributed by atoms with Gasteiger partial charge in [-0.3, -0.25) is 9.79 Å². The normalized spacial score (nSPS) is 19.3. The maximum atomic E-state index is 10.7. The molecule has 1 rings (SSSR count). The number of rotatable bonds is 3. The van der Waals surface area contributed by atoms with Crippen LogP contribution in [0.3, 0.4) is 0 Å². The molecule has 1 aliphatic carbocycles. The summed E-state index contributed by atoms with van der Waals surface area (Å²) in [6, 6.07) is 0. The third kappa shape index (κ3) is 4.27. The predicted molar refractivity (Wildman–Crippen MR) is 70.2 cm³/mol. The Balaban J connectivity index is 2.79. The Labute approximate surface area is 103 Å². The second-order valence-electron chi connectivity index (χ2n) is 3.62. The van der Waals surface area contributed by atoms with Crippen LogP contribution in [0.15, 0.2) is 52.5 Å². The minimum absolute atomic E-state index is 0.174. The van der Waals surface area contributed by atoms with Crippen molar-refractivity contribution in [3.05, 3.63) is 47.5 Å².